The van der Waals surface area contributed by atoms with Crippen LogP contribution in [-0.4, -0.2) is 24.8 Å². The van der Waals surface area contributed by atoms with Crippen molar-refractivity contribution < 1.29 is 12.9 Å². The highest BCUT2D eigenvalue weighted by Gasteiger charge is 2.24. The van der Waals surface area contributed by atoms with Crippen LogP contribution in [0.5, 0.6) is 0 Å². The first-order valence-electron chi connectivity index (χ1n) is 5.68. The fourth-order valence-corrected chi connectivity index (χ4v) is 2.15. The summed E-state index contributed by atoms with van der Waals surface area (Å²) in [7, 11) is -3.26. The molecule has 0 radical (unpaired) electrons. The van der Waals surface area contributed by atoms with Crippen LogP contribution < -0.4 is 5.73 Å². The van der Waals surface area contributed by atoms with Gasteiger partial charge < -0.3 is 10.3 Å². The Bertz CT molecular complexity index is 687. The maximum absolute atomic E-state index is 11.5. The number of nitrogens with two attached hydrogens (primary N) is 1. The zero-order chi connectivity index (χ0) is 14.2. The molecule has 1 heterocycles. The molecule has 1 unspecified atom stereocenters. The maximum atomic E-state index is 11.5. The smallest absolute Gasteiger partial charge is 0.260 e. The zero-order valence-electron chi connectivity index (χ0n) is 10.9. The Hall–Kier alpha value is -1.89. The zero-order valence-corrected chi connectivity index (χ0v) is 11.7. The van der Waals surface area contributed by atoms with E-state index < -0.39 is 15.1 Å². The van der Waals surface area contributed by atoms with Gasteiger partial charge in [0.15, 0.2) is 15.7 Å². The number of hydrogen-bond acceptors (Lipinski definition) is 6. The lowest BCUT2D eigenvalue weighted by Crippen LogP contribution is -2.09. The number of rotatable bonds is 3. The summed E-state index contributed by atoms with van der Waals surface area (Å²) >= 11 is 0. The Labute approximate surface area is 111 Å². The van der Waals surface area contributed by atoms with Gasteiger partial charge in [-0.3, -0.25) is 0 Å². The second-order valence-corrected chi connectivity index (χ2v) is 6.83. The van der Waals surface area contributed by atoms with E-state index in [-0.39, 0.29) is 11.7 Å². The van der Waals surface area contributed by atoms with Crippen molar-refractivity contribution in [1.82, 2.24) is 10.1 Å². The molecule has 102 valence electrons. The van der Waals surface area contributed by atoms with Gasteiger partial charge in [0.05, 0.1) is 5.56 Å². The molecular weight excluding hydrogens is 266 g/mol. The summed E-state index contributed by atoms with van der Waals surface area (Å²) in [5.74, 6) is 0.376. The Morgan fingerprint density at radius 1 is 1.37 bits per heavy atom. The molecule has 7 heteroatoms. The molecule has 1 atom stereocenters. The fraction of sp³-hybridized carbons (Fsp3) is 0.333. The highest BCUT2D eigenvalue weighted by atomic mass is 32.2. The number of aromatic nitrogens is 2. The molecule has 0 aliphatic carbocycles. The van der Waals surface area contributed by atoms with Gasteiger partial charge in [0.25, 0.3) is 5.89 Å². The summed E-state index contributed by atoms with van der Waals surface area (Å²) in [6, 6.07) is 5.42. The van der Waals surface area contributed by atoms with Crippen LogP contribution in [0.1, 0.15) is 23.6 Å². The first-order valence-corrected chi connectivity index (χ1v) is 7.64. The number of benzene rings is 1. The van der Waals surface area contributed by atoms with E-state index in [9.17, 15) is 8.42 Å². The summed E-state index contributed by atoms with van der Waals surface area (Å²) in [5, 5.41) is 2.91. The fourth-order valence-electron chi connectivity index (χ4n) is 1.68. The minimum Gasteiger partial charge on any atom is -0.398 e. The molecule has 0 spiro atoms. The molecule has 6 nitrogen and oxygen atoms in total. The topological polar surface area (TPSA) is 99.1 Å². The van der Waals surface area contributed by atoms with Crippen LogP contribution >= 0.6 is 0 Å². The van der Waals surface area contributed by atoms with Gasteiger partial charge in [0.2, 0.25) is 0 Å². The van der Waals surface area contributed by atoms with E-state index >= 15 is 0 Å². The lowest BCUT2D eigenvalue weighted by molar-refractivity contribution is 0.421. The van der Waals surface area contributed by atoms with Crippen LogP contribution in [0.3, 0.4) is 0 Å². The highest BCUT2D eigenvalue weighted by Crippen LogP contribution is 2.29. The van der Waals surface area contributed by atoms with Gasteiger partial charge in [-0.25, -0.2) is 8.42 Å². The molecule has 2 N–H and O–H groups in total. The third-order valence-electron chi connectivity index (χ3n) is 2.97. The quantitative estimate of drug-likeness (QED) is 0.860. The Kier molecular flexibility index (Phi) is 3.32. The highest BCUT2D eigenvalue weighted by molar-refractivity contribution is 7.90. The lowest BCUT2D eigenvalue weighted by Gasteiger charge is -2.04. The van der Waals surface area contributed by atoms with E-state index in [0.717, 1.165) is 11.8 Å². The number of anilines is 1. The van der Waals surface area contributed by atoms with E-state index in [1.165, 1.54) is 6.92 Å². The molecule has 19 heavy (non-hydrogen) atoms. The molecule has 0 aliphatic heterocycles. The van der Waals surface area contributed by atoms with Crippen molar-refractivity contribution in [1.29, 1.82) is 0 Å². The van der Waals surface area contributed by atoms with Crippen molar-refractivity contribution in [2.45, 2.75) is 19.1 Å². The third kappa shape index (κ3) is 2.60. The number of hydrogen-bond donors (Lipinski definition) is 1. The predicted octanol–water partition coefficient (Wildman–Crippen LogP) is 1.73. The molecule has 2 rings (SSSR count). The number of sulfone groups is 1. The Balaban J connectivity index is 2.48. The van der Waals surface area contributed by atoms with E-state index in [0.29, 0.717) is 11.3 Å². The van der Waals surface area contributed by atoms with E-state index in [1.54, 1.807) is 6.07 Å². The molecule has 2 aromatic rings. The minimum absolute atomic E-state index is 0.139. The van der Waals surface area contributed by atoms with E-state index in [4.69, 9.17) is 10.3 Å². The van der Waals surface area contributed by atoms with Gasteiger partial charge in [-0.15, -0.1) is 0 Å². The standard InChI is InChI=1S/C12H15N3O3S/c1-7-5-4-6-9(13)10(7)12-14-11(15-18-12)8(2)19(3,16)17/h4-6,8H,13H2,1-3H3. The van der Waals surface area contributed by atoms with Gasteiger partial charge in [-0.2, -0.15) is 4.98 Å². The molecular formula is C12H15N3O3S. The lowest BCUT2D eigenvalue weighted by atomic mass is 10.1. The molecule has 0 bridgehead atoms. The van der Waals surface area contributed by atoms with Gasteiger partial charge >= 0.3 is 0 Å². The molecule has 1 aromatic carbocycles. The van der Waals surface area contributed by atoms with Crippen molar-refractivity contribution in [3.8, 4) is 11.5 Å². The van der Waals surface area contributed by atoms with Crippen molar-refractivity contribution in [2.24, 2.45) is 0 Å². The summed E-state index contributed by atoms with van der Waals surface area (Å²) in [4.78, 5) is 4.13. The summed E-state index contributed by atoms with van der Waals surface area (Å²) in [6.07, 6.45) is 1.13. The normalized spacial score (nSPS) is 13.4. The van der Waals surface area contributed by atoms with Crippen LogP contribution in [0.15, 0.2) is 22.7 Å². The molecule has 0 saturated heterocycles. The SMILES string of the molecule is Cc1cccc(N)c1-c1nc(C(C)S(C)(=O)=O)no1. The molecule has 0 amide bonds. The van der Waals surface area contributed by atoms with Gasteiger partial charge in [-0.1, -0.05) is 17.3 Å². The average molecular weight is 281 g/mol. The van der Waals surface area contributed by atoms with Crippen LogP contribution in [0.4, 0.5) is 5.69 Å². The van der Waals surface area contributed by atoms with Crippen molar-refractivity contribution in [3.63, 3.8) is 0 Å². The van der Waals surface area contributed by atoms with E-state index in [1.807, 2.05) is 19.1 Å². The van der Waals surface area contributed by atoms with Crippen molar-refractivity contribution in [2.75, 3.05) is 12.0 Å². The minimum atomic E-state index is -3.26. The molecule has 0 aliphatic rings. The van der Waals surface area contributed by atoms with Crippen LogP contribution in [0, 0.1) is 6.92 Å². The number of aryl methyl sites for hydroxylation is 1. The average Bonchev–Trinajstić information content (AvgIpc) is 2.75. The van der Waals surface area contributed by atoms with Crippen LogP contribution in [-0.2, 0) is 9.84 Å². The summed E-state index contributed by atoms with van der Waals surface area (Å²) < 4.78 is 28.1. The van der Waals surface area contributed by atoms with Crippen molar-refractivity contribution in [3.05, 3.63) is 29.6 Å². The monoisotopic (exact) mass is 281 g/mol. The largest absolute Gasteiger partial charge is 0.398 e. The van der Waals surface area contributed by atoms with Crippen LogP contribution in [0.2, 0.25) is 0 Å². The number of nitrogens with zero attached hydrogens (tertiary/aromatic N) is 2. The second kappa shape index (κ2) is 4.65. The van der Waals surface area contributed by atoms with Gasteiger partial charge in [0, 0.05) is 11.9 Å². The Morgan fingerprint density at radius 2 is 2.05 bits per heavy atom. The summed E-state index contributed by atoms with van der Waals surface area (Å²) in [6.45, 7) is 3.39. The Morgan fingerprint density at radius 3 is 2.63 bits per heavy atom. The maximum Gasteiger partial charge on any atom is 0.260 e. The third-order valence-corrected chi connectivity index (χ3v) is 4.46. The molecule has 1 aromatic heterocycles. The van der Waals surface area contributed by atoms with Gasteiger partial charge in [-0.05, 0) is 25.5 Å². The number of nitrogen functional groups attached to an aromatic ring is 1. The second-order valence-electron chi connectivity index (χ2n) is 4.47. The summed E-state index contributed by atoms with van der Waals surface area (Å²) in [5.41, 5.74) is 7.93. The van der Waals surface area contributed by atoms with Crippen molar-refractivity contribution >= 4 is 15.5 Å². The first kappa shape index (κ1) is 13.5. The van der Waals surface area contributed by atoms with Gasteiger partial charge in [0.1, 0.15) is 5.25 Å². The first-order chi connectivity index (χ1) is 8.80. The molecule has 0 fully saturated rings. The predicted molar refractivity (Wildman–Crippen MR) is 72.1 cm³/mol. The van der Waals surface area contributed by atoms with Crippen LogP contribution in [0.25, 0.3) is 11.5 Å². The van der Waals surface area contributed by atoms with E-state index in [2.05, 4.69) is 10.1 Å². The molecule has 0 saturated carbocycles.